The molecule has 1 aromatic carbocycles. The number of benzene rings is 1. The van der Waals surface area contributed by atoms with Gasteiger partial charge in [-0.05, 0) is 45.4 Å². The molecule has 0 aliphatic heterocycles. The van der Waals surface area contributed by atoms with Gasteiger partial charge in [-0.25, -0.2) is 4.98 Å². The van der Waals surface area contributed by atoms with Crippen LogP contribution in [-0.2, 0) is 0 Å². The molecule has 0 aliphatic rings. The second-order valence-corrected chi connectivity index (χ2v) is 6.05. The lowest BCUT2D eigenvalue weighted by Crippen LogP contribution is -2.17. The third-order valence-corrected chi connectivity index (χ3v) is 4.79. The first-order valence-corrected chi connectivity index (χ1v) is 7.63. The summed E-state index contributed by atoms with van der Waals surface area (Å²) in [6.07, 6.45) is 0. The quantitative estimate of drug-likeness (QED) is 0.893. The number of nitrogens with one attached hydrogen (secondary N) is 1. The molecule has 0 aliphatic carbocycles. The van der Waals surface area contributed by atoms with Crippen molar-refractivity contribution in [3.8, 4) is 10.6 Å². The Kier molecular flexibility index (Phi) is 4.38. The fourth-order valence-electron chi connectivity index (χ4n) is 2.47. The molecule has 0 spiro atoms. The van der Waals surface area contributed by atoms with Crippen molar-refractivity contribution in [2.24, 2.45) is 0 Å². The van der Waals surface area contributed by atoms with Crippen LogP contribution in [0.5, 0.6) is 0 Å². The highest BCUT2D eigenvalue weighted by Gasteiger charge is 2.16. The van der Waals surface area contributed by atoms with Crippen molar-refractivity contribution in [1.82, 2.24) is 10.3 Å². The van der Waals surface area contributed by atoms with Gasteiger partial charge in [-0.15, -0.1) is 11.3 Å². The van der Waals surface area contributed by atoms with Crippen LogP contribution in [0.15, 0.2) is 18.2 Å². The molecule has 0 fully saturated rings. The van der Waals surface area contributed by atoms with Gasteiger partial charge in [0.2, 0.25) is 0 Å². The maximum Gasteiger partial charge on any atom is 0.124 e. The van der Waals surface area contributed by atoms with E-state index in [-0.39, 0.29) is 0 Å². The lowest BCUT2D eigenvalue weighted by molar-refractivity contribution is 0.603. The average molecular weight is 274 g/mol. The van der Waals surface area contributed by atoms with E-state index in [4.69, 9.17) is 4.98 Å². The van der Waals surface area contributed by atoms with E-state index in [1.54, 1.807) is 0 Å². The van der Waals surface area contributed by atoms with Crippen LogP contribution in [0.2, 0.25) is 0 Å². The fourth-order valence-corrected chi connectivity index (χ4v) is 3.74. The zero-order chi connectivity index (χ0) is 14.0. The van der Waals surface area contributed by atoms with Crippen molar-refractivity contribution >= 4 is 11.3 Å². The van der Waals surface area contributed by atoms with Crippen LogP contribution < -0.4 is 5.32 Å². The van der Waals surface area contributed by atoms with E-state index in [9.17, 15) is 0 Å². The largest absolute Gasteiger partial charge is 0.310 e. The Morgan fingerprint density at radius 2 is 1.84 bits per heavy atom. The molecule has 2 rings (SSSR count). The molecule has 0 saturated heterocycles. The molecule has 2 nitrogen and oxygen atoms in total. The van der Waals surface area contributed by atoms with Crippen molar-refractivity contribution in [2.75, 3.05) is 6.54 Å². The predicted octanol–water partition coefficient (Wildman–Crippen LogP) is 4.41. The van der Waals surface area contributed by atoms with Crippen LogP contribution in [0.4, 0.5) is 0 Å². The van der Waals surface area contributed by atoms with Gasteiger partial charge in [0.05, 0.1) is 5.69 Å². The first kappa shape index (κ1) is 14.2. The molecular weight excluding hydrogens is 252 g/mol. The first-order valence-electron chi connectivity index (χ1n) is 6.81. The molecule has 102 valence electrons. The van der Waals surface area contributed by atoms with Gasteiger partial charge in [-0.1, -0.05) is 25.1 Å². The van der Waals surface area contributed by atoms with Gasteiger partial charge in [0.15, 0.2) is 0 Å². The van der Waals surface area contributed by atoms with Crippen molar-refractivity contribution in [3.05, 3.63) is 39.9 Å². The number of hydrogen-bond donors (Lipinski definition) is 1. The van der Waals surface area contributed by atoms with E-state index in [1.807, 2.05) is 11.3 Å². The molecule has 1 heterocycles. The standard InChI is InChI=1S/C16H22N2S/c1-6-17-12(4)15-13(5)18-16(19-15)14-10(2)8-7-9-11(14)3/h7-9,12,17H,6H2,1-5H3. The molecule has 19 heavy (non-hydrogen) atoms. The second-order valence-electron chi connectivity index (χ2n) is 5.01. The smallest absolute Gasteiger partial charge is 0.124 e. The molecule has 0 radical (unpaired) electrons. The van der Waals surface area contributed by atoms with E-state index in [0.717, 1.165) is 17.2 Å². The summed E-state index contributed by atoms with van der Waals surface area (Å²) >= 11 is 1.82. The summed E-state index contributed by atoms with van der Waals surface area (Å²) in [5.74, 6) is 0. The fraction of sp³-hybridized carbons (Fsp3) is 0.438. The number of aromatic nitrogens is 1. The molecule has 2 aromatic rings. The molecule has 1 aromatic heterocycles. The summed E-state index contributed by atoms with van der Waals surface area (Å²) in [6.45, 7) is 11.8. The first-order chi connectivity index (χ1) is 9.04. The van der Waals surface area contributed by atoms with E-state index in [1.165, 1.54) is 21.6 Å². The van der Waals surface area contributed by atoms with Crippen LogP contribution in [0.25, 0.3) is 10.6 Å². The highest BCUT2D eigenvalue weighted by atomic mass is 32.1. The Morgan fingerprint density at radius 3 is 2.42 bits per heavy atom. The monoisotopic (exact) mass is 274 g/mol. The SMILES string of the molecule is CCNC(C)c1sc(-c2c(C)cccc2C)nc1C. The van der Waals surface area contributed by atoms with Crippen molar-refractivity contribution in [3.63, 3.8) is 0 Å². The van der Waals surface area contributed by atoms with Crippen LogP contribution in [-0.4, -0.2) is 11.5 Å². The van der Waals surface area contributed by atoms with Crippen LogP contribution in [0.1, 0.15) is 41.6 Å². The van der Waals surface area contributed by atoms with Crippen LogP contribution >= 0.6 is 11.3 Å². The summed E-state index contributed by atoms with van der Waals surface area (Å²) in [5.41, 5.74) is 5.05. The maximum atomic E-state index is 4.78. The summed E-state index contributed by atoms with van der Waals surface area (Å²) < 4.78 is 0. The molecular formula is C16H22N2S. The molecule has 1 N–H and O–H groups in total. The van der Waals surface area contributed by atoms with Crippen molar-refractivity contribution < 1.29 is 0 Å². The Morgan fingerprint density at radius 1 is 1.21 bits per heavy atom. The molecule has 0 bridgehead atoms. The summed E-state index contributed by atoms with van der Waals surface area (Å²) in [6, 6.07) is 6.80. The zero-order valence-corrected chi connectivity index (χ0v) is 13.2. The Balaban J connectivity index is 2.45. The minimum Gasteiger partial charge on any atom is -0.310 e. The predicted molar refractivity (Wildman–Crippen MR) is 83.9 cm³/mol. The van der Waals surface area contributed by atoms with Crippen LogP contribution in [0, 0.1) is 20.8 Å². The van der Waals surface area contributed by atoms with E-state index >= 15 is 0 Å². The minimum atomic E-state index is 0.376. The summed E-state index contributed by atoms with van der Waals surface area (Å²) in [5, 5.41) is 4.61. The Labute approximate surface area is 119 Å². The van der Waals surface area contributed by atoms with Gasteiger partial charge in [-0.3, -0.25) is 0 Å². The highest BCUT2D eigenvalue weighted by Crippen LogP contribution is 2.34. The number of rotatable bonds is 4. The van der Waals surface area contributed by atoms with Gasteiger partial charge in [0.1, 0.15) is 5.01 Å². The average Bonchev–Trinajstić information content (AvgIpc) is 2.71. The van der Waals surface area contributed by atoms with Gasteiger partial charge in [-0.2, -0.15) is 0 Å². The highest BCUT2D eigenvalue weighted by molar-refractivity contribution is 7.15. The van der Waals surface area contributed by atoms with Gasteiger partial charge >= 0.3 is 0 Å². The molecule has 0 amide bonds. The van der Waals surface area contributed by atoms with Gasteiger partial charge < -0.3 is 5.32 Å². The molecule has 1 unspecified atom stereocenters. The molecule has 3 heteroatoms. The molecule has 0 saturated carbocycles. The number of nitrogens with zero attached hydrogens (tertiary/aromatic N) is 1. The van der Waals surface area contributed by atoms with Crippen molar-refractivity contribution in [2.45, 2.75) is 40.7 Å². The Bertz CT molecular complexity index is 552. The van der Waals surface area contributed by atoms with Gasteiger partial charge in [0, 0.05) is 16.5 Å². The summed E-state index contributed by atoms with van der Waals surface area (Å²) in [4.78, 5) is 6.13. The summed E-state index contributed by atoms with van der Waals surface area (Å²) in [7, 11) is 0. The zero-order valence-electron chi connectivity index (χ0n) is 12.4. The van der Waals surface area contributed by atoms with E-state index < -0.39 is 0 Å². The lowest BCUT2D eigenvalue weighted by atomic mass is 10.0. The van der Waals surface area contributed by atoms with Crippen molar-refractivity contribution in [1.29, 1.82) is 0 Å². The van der Waals surface area contributed by atoms with E-state index in [2.05, 4.69) is 58.1 Å². The normalized spacial score (nSPS) is 12.7. The molecule has 1 atom stereocenters. The maximum absolute atomic E-state index is 4.78. The third-order valence-electron chi connectivity index (χ3n) is 3.43. The van der Waals surface area contributed by atoms with E-state index in [0.29, 0.717) is 6.04 Å². The van der Waals surface area contributed by atoms with Gasteiger partial charge in [0.25, 0.3) is 0 Å². The lowest BCUT2D eigenvalue weighted by Gasteiger charge is -2.10. The third kappa shape index (κ3) is 2.88. The second kappa shape index (κ2) is 5.85. The Hall–Kier alpha value is -1.19. The topological polar surface area (TPSA) is 24.9 Å². The number of aryl methyl sites for hydroxylation is 3. The van der Waals surface area contributed by atoms with Crippen LogP contribution in [0.3, 0.4) is 0 Å². The number of thiazole rings is 1. The number of hydrogen-bond acceptors (Lipinski definition) is 3. The minimum absolute atomic E-state index is 0.376.